The lowest BCUT2D eigenvalue weighted by Gasteiger charge is -2.29. The van der Waals surface area contributed by atoms with Crippen molar-refractivity contribution in [3.8, 4) is 0 Å². The highest BCUT2D eigenvalue weighted by Gasteiger charge is 2.27. The van der Waals surface area contributed by atoms with Gasteiger partial charge in [-0.05, 0) is 19.8 Å². The fourth-order valence-corrected chi connectivity index (χ4v) is 3.30. The van der Waals surface area contributed by atoms with Crippen LogP contribution in [0.25, 0.3) is 0 Å². The van der Waals surface area contributed by atoms with E-state index in [4.69, 9.17) is 4.74 Å². The molecule has 1 aromatic rings. The average molecular weight is 345 g/mol. The molecule has 0 saturated heterocycles. The van der Waals surface area contributed by atoms with Gasteiger partial charge >= 0.3 is 5.97 Å². The summed E-state index contributed by atoms with van der Waals surface area (Å²) in [6, 6.07) is 9.22. The van der Waals surface area contributed by atoms with Crippen LogP contribution >= 0.6 is 0 Å². The molecule has 5 nitrogen and oxygen atoms in total. The topological polar surface area (TPSA) is 63.7 Å². The van der Waals surface area contributed by atoms with E-state index in [1.807, 2.05) is 18.2 Å². The molecule has 0 unspecified atom stereocenters. The summed E-state index contributed by atoms with van der Waals surface area (Å²) in [7, 11) is 0. The van der Waals surface area contributed by atoms with E-state index in [2.05, 4.69) is 0 Å². The van der Waals surface area contributed by atoms with Crippen molar-refractivity contribution >= 4 is 17.7 Å². The molecular formula is C20H27NO4. The molecule has 0 aliphatic heterocycles. The van der Waals surface area contributed by atoms with Gasteiger partial charge in [-0.1, -0.05) is 43.2 Å². The second kappa shape index (κ2) is 9.97. The Bertz CT molecular complexity index is 579. The first kappa shape index (κ1) is 19.2. The molecule has 1 aromatic carbocycles. The Labute approximate surface area is 149 Å². The van der Waals surface area contributed by atoms with Crippen LogP contribution in [0.1, 0.15) is 62.2 Å². The summed E-state index contributed by atoms with van der Waals surface area (Å²) >= 11 is 0. The molecule has 1 fully saturated rings. The number of hydrogen-bond donors (Lipinski definition) is 0. The first-order chi connectivity index (χ1) is 12.1. The van der Waals surface area contributed by atoms with Crippen LogP contribution in [0.5, 0.6) is 0 Å². The van der Waals surface area contributed by atoms with Gasteiger partial charge < -0.3 is 9.64 Å². The van der Waals surface area contributed by atoms with Crippen molar-refractivity contribution in [2.24, 2.45) is 0 Å². The van der Waals surface area contributed by atoms with Gasteiger partial charge in [-0.25, -0.2) is 0 Å². The predicted molar refractivity (Wildman–Crippen MR) is 95.2 cm³/mol. The number of benzene rings is 1. The third kappa shape index (κ3) is 6.00. The first-order valence-corrected chi connectivity index (χ1v) is 9.15. The molecular weight excluding hydrogens is 318 g/mol. The Morgan fingerprint density at radius 3 is 2.36 bits per heavy atom. The molecule has 0 heterocycles. The van der Waals surface area contributed by atoms with Gasteiger partial charge in [0.15, 0.2) is 5.78 Å². The van der Waals surface area contributed by atoms with Crippen molar-refractivity contribution in [3.05, 3.63) is 35.9 Å². The molecule has 1 aliphatic rings. The highest BCUT2D eigenvalue weighted by atomic mass is 16.5. The van der Waals surface area contributed by atoms with Gasteiger partial charge in [-0.3, -0.25) is 14.4 Å². The summed E-state index contributed by atoms with van der Waals surface area (Å²) in [5.41, 5.74) is 0.634. The molecule has 2 rings (SSSR count). The molecule has 0 radical (unpaired) electrons. The molecule has 1 aliphatic carbocycles. The molecule has 0 bridgehead atoms. The Morgan fingerprint density at radius 2 is 1.72 bits per heavy atom. The fraction of sp³-hybridized carbons (Fsp3) is 0.550. The van der Waals surface area contributed by atoms with Crippen LogP contribution in [0.3, 0.4) is 0 Å². The minimum atomic E-state index is -0.279. The third-order valence-corrected chi connectivity index (χ3v) is 4.61. The lowest BCUT2D eigenvalue weighted by atomic mass is 10.1. The van der Waals surface area contributed by atoms with Crippen LogP contribution in [0.4, 0.5) is 0 Å². The Hall–Kier alpha value is -2.17. The van der Waals surface area contributed by atoms with Crippen LogP contribution in [0.2, 0.25) is 0 Å². The molecule has 0 atom stereocenters. The molecule has 5 heteroatoms. The molecule has 1 amide bonds. The number of Topliss-reactive ketones (excluding diaryl/α,β-unsaturated/α-hetero) is 1. The van der Waals surface area contributed by atoms with Crippen LogP contribution in [0.15, 0.2) is 30.3 Å². The van der Waals surface area contributed by atoms with Crippen molar-refractivity contribution in [3.63, 3.8) is 0 Å². The molecule has 1 saturated carbocycles. The minimum absolute atomic E-state index is 0.0225. The van der Waals surface area contributed by atoms with E-state index >= 15 is 0 Å². The fourth-order valence-electron chi connectivity index (χ4n) is 3.30. The quantitative estimate of drug-likeness (QED) is 0.508. The average Bonchev–Trinajstić information content (AvgIpc) is 3.15. The Balaban J connectivity index is 1.90. The number of esters is 1. The van der Waals surface area contributed by atoms with Gasteiger partial charge in [0.05, 0.1) is 13.0 Å². The monoisotopic (exact) mass is 345 g/mol. The van der Waals surface area contributed by atoms with Crippen molar-refractivity contribution in [2.75, 3.05) is 13.2 Å². The zero-order valence-electron chi connectivity index (χ0n) is 14.9. The summed E-state index contributed by atoms with van der Waals surface area (Å²) in [4.78, 5) is 38.3. The van der Waals surface area contributed by atoms with Gasteiger partial charge in [0.25, 0.3) is 0 Å². The van der Waals surface area contributed by atoms with Crippen molar-refractivity contribution in [2.45, 2.75) is 57.9 Å². The van der Waals surface area contributed by atoms with Gasteiger partial charge in [0.1, 0.15) is 0 Å². The number of amides is 1. The predicted octanol–water partition coefficient (Wildman–Crippen LogP) is 3.37. The number of nitrogens with zero attached hydrogens (tertiary/aromatic N) is 1. The lowest BCUT2D eigenvalue weighted by molar-refractivity contribution is -0.144. The summed E-state index contributed by atoms with van der Waals surface area (Å²) in [6.07, 6.45) is 4.76. The minimum Gasteiger partial charge on any atom is -0.466 e. The van der Waals surface area contributed by atoms with E-state index < -0.39 is 0 Å². The molecule has 25 heavy (non-hydrogen) atoms. The van der Waals surface area contributed by atoms with Crippen molar-refractivity contribution in [1.82, 2.24) is 4.90 Å². The highest BCUT2D eigenvalue weighted by molar-refractivity contribution is 5.97. The number of ketones is 1. The number of carbonyl (C=O) groups excluding carboxylic acids is 3. The lowest BCUT2D eigenvalue weighted by Crippen LogP contribution is -2.40. The van der Waals surface area contributed by atoms with Gasteiger partial charge in [-0.15, -0.1) is 0 Å². The Morgan fingerprint density at radius 1 is 1.04 bits per heavy atom. The summed E-state index contributed by atoms with van der Waals surface area (Å²) < 4.78 is 4.96. The van der Waals surface area contributed by atoms with Gasteiger partial charge in [0.2, 0.25) is 5.91 Å². The second-order valence-corrected chi connectivity index (χ2v) is 6.37. The standard InChI is InChI=1S/C20H27NO4/c1-2-25-20(24)14-15-21(17-10-6-7-11-17)19(23)13-12-18(22)16-8-4-3-5-9-16/h3-5,8-9,17H,2,6-7,10-15H2,1H3. The summed E-state index contributed by atoms with van der Waals surface area (Å²) in [5.74, 6) is -0.343. The molecule has 0 spiro atoms. The maximum atomic E-state index is 12.7. The molecule has 0 N–H and O–H groups in total. The van der Waals surface area contributed by atoms with Crippen LogP contribution in [0, 0.1) is 0 Å². The smallest absolute Gasteiger partial charge is 0.307 e. The zero-order valence-corrected chi connectivity index (χ0v) is 14.9. The second-order valence-electron chi connectivity index (χ2n) is 6.37. The SMILES string of the molecule is CCOC(=O)CCN(C(=O)CCC(=O)c1ccccc1)C1CCCC1. The highest BCUT2D eigenvalue weighted by Crippen LogP contribution is 2.24. The zero-order chi connectivity index (χ0) is 18.1. The number of hydrogen-bond acceptors (Lipinski definition) is 4. The van der Waals surface area contributed by atoms with Crippen LogP contribution in [-0.2, 0) is 14.3 Å². The normalized spacial score (nSPS) is 14.3. The van der Waals surface area contributed by atoms with E-state index in [0.717, 1.165) is 25.7 Å². The van der Waals surface area contributed by atoms with E-state index in [1.165, 1.54) is 0 Å². The van der Waals surface area contributed by atoms with E-state index in [1.54, 1.807) is 24.0 Å². The van der Waals surface area contributed by atoms with Crippen molar-refractivity contribution in [1.29, 1.82) is 0 Å². The maximum Gasteiger partial charge on any atom is 0.307 e. The van der Waals surface area contributed by atoms with Gasteiger partial charge in [0, 0.05) is 31.0 Å². The van der Waals surface area contributed by atoms with E-state index in [-0.39, 0.29) is 43.0 Å². The molecule has 136 valence electrons. The van der Waals surface area contributed by atoms with Crippen molar-refractivity contribution < 1.29 is 19.1 Å². The van der Waals surface area contributed by atoms with Crippen LogP contribution < -0.4 is 0 Å². The first-order valence-electron chi connectivity index (χ1n) is 9.15. The molecule has 0 aromatic heterocycles. The summed E-state index contributed by atoms with van der Waals surface area (Å²) in [6.45, 7) is 2.50. The number of carbonyl (C=O) groups is 3. The largest absolute Gasteiger partial charge is 0.466 e. The number of rotatable bonds is 9. The van der Waals surface area contributed by atoms with Crippen LogP contribution in [-0.4, -0.2) is 41.8 Å². The summed E-state index contributed by atoms with van der Waals surface area (Å²) in [5, 5.41) is 0. The van der Waals surface area contributed by atoms with Gasteiger partial charge in [-0.2, -0.15) is 0 Å². The maximum absolute atomic E-state index is 12.7. The third-order valence-electron chi connectivity index (χ3n) is 4.61. The van der Waals surface area contributed by atoms with E-state index in [0.29, 0.717) is 18.7 Å². The van der Waals surface area contributed by atoms with E-state index in [9.17, 15) is 14.4 Å². The Kier molecular flexibility index (Phi) is 7.64. The number of ether oxygens (including phenoxy) is 1.